The van der Waals surface area contributed by atoms with Crippen molar-refractivity contribution in [3.63, 3.8) is 0 Å². The van der Waals surface area contributed by atoms with Crippen LogP contribution in [0.25, 0.3) is 0 Å². The van der Waals surface area contributed by atoms with Crippen LogP contribution in [0.15, 0.2) is 22.5 Å². The molecule has 1 aliphatic heterocycles. The van der Waals surface area contributed by atoms with Crippen molar-refractivity contribution in [2.24, 2.45) is 4.99 Å². The average molecular weight is 403 g/mol. The molecule has 1 aliphatic rings. The van der Waals surface area contributed by atoms with E-state index < -0.39 is 0 Å². The zero-order chi connectivity index (χ0) is 20.1. The van der Waals surface area contributed by atoms with E-state index in [4.69, 9.17) is 9.47 Å². The molecule has 28 heavy (non-hydrogen) atoms. The molecule has 0 radical (unpaired) electrons. The lowest BCUT2D eigenvalue weighted by Gasteiger charge is -2.15. The van der Waals surface area contributed by atoms with E-state index in [2.05, 4.69) is 58.9 Å². The normalized spacial score (nSPS) is 16.1. The monoisotopic (exact) mass is 402 g/mol. The van der Waals surface area contributed by atoms with Gasteiger partial charge in [-0.1, -0.05) is 13.8 Å². The Kier molecular flexibility index (Phi) is 6.78. The number of rotatable bonds is 7. The van der Waals surface area contributed by atoms with Gasteiger partial charge in [-0.2, -0.15) is 0 Å². The molecule has 1 aromatic heterocycles. The maximum atomic E-state index is 5.90. The highest BCUT2D eigenvalue weighted by molar-refractivity contribution is 7.09. The van der Waals surface area contributed by atoms with E-state index >= 15 is 0 Å². The predicted octanol–water partition coefficient (Wildman–Crippen LogP) is 3.85. The molecule has 2 N–H and O–H groups in total. The molecule has 0 saturated carbocycles. The summed E-state index contributed by atoms with van der Waals surface area (Å²) in [5.74, 6) is 3.05. The SMILES string of the molecule is CCOc1cc2c(cc1CNC(=NC)NCc1csc(C(C)C)n1)OC(C)C2. The standard InChI is InChI=1S/C21H30N4O2S/c1-6-26-18-8-15-7-14(4)27-19(15)9-16(18)10-23-21(22-5)24-11-17-12-28-20(25-17)13(2)3/h8-9,12-14H,6-7,10-11H2,1-5H3,(H2,22,23,24). The van der Waals surface area contributed by atoms with Crippen molar-refractivity contribution in [2.45, 2.75) is 59.2 Å². The highest BCUT2D eigenvalue weighted by atomic mass is 32.1. The Morgan fingerprint density at radius 3 is 2.82 bits per heavy atom. The van der Waals surface area contributed by atoms with Gasteiger partial charge in [0.1, 0.15) is 17.6 Å². The van der Waals surface area contributed by atoms with E-state index in [0.717, 1.165) is 40.1 Å². The Morgan fingerprint density at radius 2 is 2.14 bits per heavy atom. The van der Waals surface area contributed by atoms with Crippen molar-refractivity contribution < 1.29 is 9.47 Å². The molecule has 3 rings (SSSR count). The highest BCUT2D eigenvalue weighted by Crippen LogP contribution is 2.35. The van der Waals surface area contributed by atoms with Crippen LogP contribution in [0.3, 0.4) is 0 Å². The van der Waals surface area contributed by atoms with Crippen molar-refractivity contribution in [2.75, 3.05) is 13.7 Å². The number of hydrogen-bond donors (Lipinski definition) is 2. The van der Waals surface area contributed by atoms with Crippen LogP contribution in [0.1, 0.15) is 55.4 Å². The zero-order valence-electron chi connectivity index (χ0n) is 17.3. The smallest absolute Gasteiger partial charge is 0.191 e. The molecule has 0 amide bonds. The van der Waals surface area contributed by atoms with E-state index in [9.17, 15) is 0 Å². The Bertz CT molecular complexity index is 832. The van der Waals surface area contributed by atoms with Gasteiger partial charge in [0, 0.05) is 42.4 Å². The number of nitrogens with zero attached hydrogens (tertiary/aromatic N) is 2. The van der Waals surface area contributed by atoms with Gasteiger partial charge < -0.3 is 20.1 Å². The summed E-state index contributed by atoms with van der Waals surface area (Å²) in [6, 6.07) is 4.19. The second-order valence-electron chi connectivity index (χ2n) is 7.24. The number of ether oxygens (including phenoxy) is 2. The first-order valence-electron chi connectivity index (χ1n) is 9.84. The molecule has 6 nitrogen and oxygen atoms in total. The molecule has 0 fully saturated rings. The predicted molar refractivity (Wildman–Crippen MR) is 115 cm³/mol. The van der Waals surface area contributed by atoms with Gasteiger partial charge in [0.05, 0.1) is 23.9 Å². The molecule has 2 heterocycles. The van der Waals surface area contributed by atoms with Crippen molar-refractivity contribution in [1.82, 2.24) is 15.6 Å². The largest absolute Gasteiger partial charge is 0.494 e. The Morgan fingerprint density at radius 1 is 1.36 bits per heavy atom. The zero-order valence-corrected chi connectivity index (χ0v) is 18.2. The number of aliphatic imine (C=N–C) groups is 1. The Balaban J connectivity index is 1.62. The number of fused-ring (bicyclic) bond motifs is 1. The van der Waals surface area contributed by atoms with Crippen LogP contribution in [0, 0.1) is 0 Å². The van der Waals surface area contributed by atoms with E-state index in [1.165, 1.54) is 5.56 Å². The van der Waals surface area contributed by atoms with Crippen LogP contribution in [0.4, 0.5) is 0 Å². The summed E-state index contributed by atoms with van der Waals surface area (Å²) in [7, 11) is 1.77. The third-order valence-corrected chi connectivity index (χ3v) is 5.74. The summed E-state index contributed by atoms with van der Waals surface area (Å²) in [4.78, 5) is 8.97. The van der Waals surface area contributed by atoms with E-state index in [-0.39, 0.29) is 6.10 Å². The lowest BCUT2D eigenvalue weighted by molar-refractivity contribution is 0.254. The fourth-order valence-corrected chi connectivity index (χ4v) is 3.99. The van der Waals surface area contributed by atoms with Crippen LogP contribution in [0.5, 0.6) is 11.5 Å². The van der Waals surface area contributed by atoms with Crippen LogP contribution in [-0.2, 0) is 19.5 Å². The number of aromatic nitrogens is 1. The maximum Gasteiger partial charge on any atom is 0.191 e. The fraction of sp³-hybridized carbons (Fsp3) is 0.524. The molecule has 0 aliphatic carbocycles. The lowest BCUT2D eigenvalue weighted by atomic mass is 10.1. The van der Waals surface area contributed by atoms with Gasteiger partial charge in [-0.25, -0.2) is 4.98 Å². The third-order valence-electron chi connectivity index (χ3n) is 4.55. The first-order valence-corrected chi connectivity index (χ1v) is 10.7. The molecule has 152 valence electrons. The summed E-state index contributed by atoms with van der Waals surface area (Å²) in [6.07, 6.45) is 1.15. The molecule has 1 unspecified atom stereocenters. The van der Waals surface area contributed by atoms with Crippen LogP contribution < -0.4 is 20.1 Å². The molecule has 2 aromatic rings. The molecule has 0 saturated heterocycles. The van der Waals surface area contributed by atoms with E-state index in [0.29, 0.717) is 25.6 Å². The van der Waals surface area contributed by atoms with Crippen LogP contribution in [0.2, 0.25) is 0 Å². The Hall–Kier alpha value is -2.28. The summed E-state index contributed by atoms with van der Waals surface area (Å²) in [5.41, 5.74) is 3.31. The summed E-state index contributed by atoms with van der Waals surface area (Å²) >= 11 is 1.70. The number of benzene rings is 1. The van der Waals surface area contributed by atoms with Gasteiger partial charge >= 0.3 is 0 Å². The molecular formula is C21H30N4O2S. The minimum Gasteiger partial charge on any atom is -0.494 e. The topological polar surface area (TPSA) is 67.8 Å². The maximum absolute atomic E-state index is 5.90. The van der Waals surface area contributed by atoms with Gasteiger partial charge in [-0.15, -0.1) is 11.3 Å². The molecular weight excluding hydrogens is 372 g/mol. The van der Waals surface area contributed by atoms with Crippen LogP contribution in [-0.4, -0.2) is 30.7 Å². The van der Waals surface area contributed by atoms with Crippen molar-refractivity contribution in [3.05, 3.63) is 39.3 Å². The van der Waals surface area contributed by atoms with Crippen molar-refractivity contribution in [1.29, 1.82) is 0 Å². The van der Waals surface area contributed by atoms with Gasteiger partial charge in [0.25, 0.3) is 0 Å². The minimum atomic E-state index is 0.218. The van der Waals surface area contributed by atoms with Crippen molar-refractivity contribution in [3.8, 4) is 11.5 Å². The van der Waals surface area contributed by atoms with Gasteiger partial charge in [-0.3, -0.25) is 4.99 Å². The second kappa shape index (κ2) is 9.28. The Labute approximate surface area is 171 Å². The summed E-state index contributed by atoms with van der Waals surface area (Å²) in [5, 5.41) is 9.96. The molecule has 0 bridgehead atoms. The molecule has 0 spiro atoms. The number of thiazole rings is 1. The van der Waals surface area contributed by atoms with Gasteiger partial charge in [0.2, 0.25) is 0 Å². The minimum absolute atomic E-state index is 0.218. The van der Waals surface area contributed by atoms with E-state index in [1.54, 1.807) is 18.4 Å². The fourth-order valence-electron chi connectivity index (χ4n) is 3.15. The van der Waals surface area contributed by atoms with Gasteiger partial charge in [-0.05, 0) is 26.0 Å². The highest BCUT2D eigenvalue weighted by Gasteiger charge is 2.22. The molecule has 1 aromatic carbocycles. The van der Waals surface area contributed by atoms with E-state index in [1.807, 2.05) is 6.92 Å². The summed E-state index contributed by atoms with van der Waals surface area (Å²) in [6.45, 7) is 10.3. The molecule has 7 heteroatoms. The first-order chi connectivity index (χ1) is 13.5. The first kappa shape index (κ1) is 20.5. The number of nitrogens with one attached hydrogen (secondary N) is 2. The number of guanidine groups is 1. The quantitative estimate of drug-likeness (QED) is 0.544. The lowest BCUT2D eigenvalue weighted by Crippen LogP contribution is -2.36. The number of hydrogen-bond acceptors (Lipinski definition) is 5. The third kappa shape index (κ3) is 4.95. The second-order valence-corrected chi connectivity index (χ2v) is 8.13. The average Bonchev–Trinajstić information content (AvgIpc) is 3.27. The van der Waals surface area contributed by atoms with Gasteiger partial charge in [0.15, 0.2) is 5.96 Å². The van der Waals surface area contributed by atoms with Crippen molar-refractivity contribution >= 4 is 17.3 Å². The summed E-state index contributed by atoms with van der Waals surface area (Å²) < 4.78 is 11.8. The van der Waals surface area contributed by atoms with Crippen LogP contribution >= 0.6 is 11.3 Å². The molecule has 1 atom stereocenters.